The Hall–Kier alpha value is -3.49. The van der Waals surface area contributed by atoms with E-state index in [4.69, 9.17) is 15.2 Å². The van der Waals surface area contributed by atoms with E-state index in [2.05, 4.69) is 11.8 Å². The number of likely N-dealkylation sites (N-methyl/N-ethyl adjacent to an activating group) is 1. The summed E-state index contributed by atoms with van der Waals surface area (Å²) in [5, 5.41) is 10.8. The number of nitrogen functional groups attached to an aromatic ring is 1. The summed E-state index contributed by atoms with van der Waals surface area (Å²) < 4.78 is 11.0. The van der Waals surface area contributed by atoms with Crippen LogP contribution in [0.3, 0.4) is 0 Å². The molecule has 0 spiro atoms. The molecule has 0 aromatic heterocycles. The van der Waals surface area contributed by atoms with Crippen molar-refractivity contribution in [2.75, 3.05) is 37.4 Å². The lowest BCUT2D eigenvalue weighted by Gasteiger charge is -2.44. The van der Waals surface area contributed by atoms with Gasteiger partial charge in [-0.2, -0.15) is 0 Å². The minimum atomic E-state index is -0.532. The number of unbranched alkanes of at least 4 members (excludes halogenated alkanes) is 1. The molecule has 2 N–H and O–H groups in total. The van der Waals surface area contributed by atoms with Gasteiger partial charge in [0.05, 0.1) is 17.6 Å². The summed E-state index contributed by atoms with van der Waals surface area (Å²) in [5.41, 5.74) is 6.59. The van der Waals surface area contributed by atoms with Gasteiger partial charge < -0.3 is 25.0 Å². The predicted octanol–water partition coefficient (Wildman–Crippen LogP) is 4.03. The molecule has 9 nitrogen and oxygen atoms in total. The summed E-state index contributed by atoms with van der Waals surface area (Å²) in [7, 11) is 1.98. The number of carbonyl (C=O) groups excluding carboxylic acids is 1. The van der Waals surface area contributed by atoms with Crippen LogP contribution in [0.15, 0.2) is 42.5 Å². The Morgan fingerprint density at radius 1 is 1.23 bits per heavy atom. The van der Waals surface area contributed by atoms with E-state index < -0.39 is 4.92 Å². The zero-order valence-corrected chi connectivity index (χ0v) is 17.1. The maximum atomic E-state index is 11.9. The highest BCUT2D eigenvalue weighted by atomic mass is 16.6. The number of benzene rings is 2. The van der Waals surface area contributed by atoms with Gasteiger partial charge in [-0.1, -0.05) is 13.3 Å². The summed E-state index contributed by atoms with van der Waals surface area (Å²) >= 11 is 0. The predicted molar refractivity (Wildman–Crippen MR) is 114 cm³/mol. The van der Waals surface area contributed by atoms with Crippen LogP contribution in [-0.2, 0) is 4.74 Å². The van der Waals surface area contributed by atoms with Crippen LogP contribution in [0.2, 0.25) is 0 Å². The summed E-state index contributed by atoms with van der Waals surface area (Å²) in [4.78, 5) is 26.1. The molecule has 1 amide bonds. The Morgan fingerprint density at radius 2 is 1.90 bits per heavy atom. The first-order valence-electron chi connectivity index (χ1n) is 9.85. The zero-order valence-electron chi connectivity index (χ0n) is 17.1. The second kappa shape index (κ2) is 9.34. The molecule has 1 heterocycles. The molecule has 9 heteroatoms. The zero-order chi connectivity index (χ0) is 21.7. The first kappa shape index (κ1) is 21.2. The summed E-state index contributed by atoms with van der Waals surface area (Å²) in [6.45, 7) is 3.78. The van der Waals surface area contributed by atoms with Crippen LogP contribution in [0, 0.1) is 10.1 Å². The fourth-order valence-electron chi connectivity index (χ4n) is 3.10. The fraction of sp³-hybridized carbons (Fsp3) is 0.381. The summed E-state index contributed by atoms with van der Waals surface area (Å²) in [6, 6.07) is 12.0. The highest BCUT2D eigenvalue weighted by Crippen LogP contribution is 2.30. The highest BCUT2D eigenvalue weighted by molar-refractivity contribution is 5.69. The van der Waals surface area contributed by atoms with Gasteiger partial charge >= 0.3 is 6.09 Å². The molecule has 30 heavy (non-hydrogen) atoms. The number of nitro groups is 1. The Kier molecular flexibility index (Phi) is 6.61. The number of ether oxygens (including phenoxy) is 2. The van der Waals surface area contributed by atoms with Crippen molar-refractivity contribution in [1.82, 2.24) is 4.90 Å². The standard InChI is InChI=1S/C21H26N4O5/c1-3-4-11-29-21(26)24-13-16(14-24)23(2)15-5-7-17(8-6-15)30-18-9-10-20(25(27)28)19(22)12-18/h5-10,12,16H,3-4,11,13-14,22H2,1-2H3. The number of likely N-dealkylation sites (tertiary alicyclic amines) is 1. The molecule has 2 aromatic rings. The molecule has 0 saturated carbocycles. The number of nitrogens with two attached hydrogens (primary N) is 1. The minimum Gasteiger partial charge on any atom is -0.457 e. The highest BCUT2D eigenvalue weighted by Gasteiger charge is 2.34. The molecular formula is C21H26N4O5. The van der Waals surface area contributed by atoms with E-state index in [1.54, 1.807) is 4.90 Å². The first-order chi connectivity index (χ1) is 14.4. The van der Waals surface area contributed by atoms with Crippen molar-refractivity contribution in [3.8, 4) is 11.5 Å². The van der Waals surface area contributed by atoms with Gasteiger partial charge in [-0.05, 0) is 36.8 Å². The van der Waals surface area contributed by atoms with Crippen molar-refractivity contribution in [1.29, 1.82) is 0 Å². The molecule has 1 aliphatic heterocycles. The Morgan fingerprint density at radius 3 is 2.50 bits per heavy atom. The molecule has 0 atom stereocenters. The Labute approximate surface area is 175 Å². The average Bonchev–Trinajstić information content (AvgIpc) is 2.67. The van der Waals surface area contributed by atoms with Crippen LogP contribution in [0.25, 0.3) is 0 Å². The van der Waals surface area contributed by atoms with Gasteiger partial charge in [-0.3, -0.25) is 10.1 Å². The van der Waals surface area contributed by atoms with Crippen LogP contribution in [0.5, 0.6) is 11.5 Å². The van der Waals surface area contributed by atoms with Crippen molar-refractivity contribution in [2.45, 2.75) is 25.8 Å². The van der Waals surface area contributed by atoms with E-state index in [1.165, 1.54) is 18.2 Å². The lowest BCUT2D eigenvalue weighted by Crippen LogP contribution is -2.60. The van der Waals surface area contributed by atoms with Gasteiger partial charge in [0.25, 0.3) is 5.69 Å². The molecule has 2 aromatic carbocycles. The topological polar surface area (TPSA) is 111 Å². The number of nitro benzene ring substituents is 1. The second-order valence-corrected chi connectivity index (χ2v) is 7.21. The fourth-order valence-corrected chi connectivity index (χ4v) is 3.10. The Balaban J connectivity index is 1.53. The number of amides is 1. The third kappa shape index (κ3) is 4.91. The van der Waals surface area contributed by atoms with Crippen molar-refractivity contribution in [2.24, 2.45) is 0 Å². The lowest BCUT2D eigenvalue weighted by molar-refractivity contribution is -0.383. The van der Waals surface area contributed by atoms with Crippen molar-refractivity contribution in [3.05, 3.63) is 52.6 Å². The van der Waals surface area contributed by atoms with E-state index >= 15 is 0 Å². The third-order valence-corrected chi connectivity index (χ3v) is 5.07. The molecule has 1 saturated heterocycles. The van der Waals surface area contributed by atoms with E-state index in [9.17, 15) is 14.9 Å². The van der Waals surface area contributed by atoms with Gasteiger partial charge in [-0.25, -0.2) is 4.79 Å². The van der Waals surface area contributed by atoms with E-state index in [-0.39, 0.29) is 23.5 Å². The minimum absolute atomic E-state index is 0.0524. The van der Waals surface area contributed by atoms with Gasteiger partial charge in [-0.15, -0.1) is 0 Å². The van der Waals surface area contributed by atoms with Crippen LogP contribution < -0.4 is 15.4 Å². The molecule has 0 aliphatic carbocycles. The van der Waals surface area contributed by atoms with Crippen molar-refractivity contribution >= 4 is 23.2 Å². The molecule has 3 rings (SSSR count). The number of rotatable bonds is 8. The van der Waals surface area contributed by atoms with Gasteiger partial charge in [0.2, 0.25) is 0 Å². The third-order valence-electron chi connectivity index (χ3n) is 5.07. The van der Waals surface area contributed by atoms with Crippen LogP contribution in [0.4, 0.5) is 21.9 Å². The molecule has 0 unspecified atom stereocenters. The normalized spacial score (nSPS) is 13.5. The summed E-state index contributed by atoms with van der Waals surface area (Å²) in [6.07, 6.45) is 1.62. The maximum Gasteiger partial charge on any atom is 0.409 e. The number of carbonyl (C=O) groups is 1. The van der Waals surface area contributed by atoms with E-state index in [0.717, 1.165) is 18.5 Å². The molecule has 160 valence electrons. The van der Waals surface area contributed by atoms with Crippen molar-refractivity contribution < 1.29 is 19.2 Å². The van der Waals surface area contributed by atoms with Crippen molar-refractivity contribution in [3.63, 3.8) is 0 Å². The Bertz CT molecular complexity index is 897. The lowest BCUT2D eigenvalue weighted by atomic mass is 10.1. The van der Waals surface area contributed by atoms with Crippen LogP contribution in [0.1, 0.15) is 19.8 Å². The summed E-state index contributed by atoms with van der Waals surface area (Å²) in [5.74, 6) is 1.02. The largest absolute Gasteiger partial charge is 0.457 e. The molecule has 0 radical (unpaired) electrons. The second-order valence-electron chi connectivity index (χ2n) is 7.21. The van der Waals surface area contributed by atoms with E-state index in [1.807, 2.05) is 31.3 Å². The number of anilines is 2. The number of hydrogen-bond donors (Lipinski definition) is 1. The SMILES string of the molecule is CCCCOC(=O)N1CC(N(C)c2ccc(Oc3ccc([N+](=O)[O-])c(N)c3)cc2)C1. The van der Waals surface area contributed by atoms with Gasteiger partial charge in [0.15, 0.2) is 0 Å². The maximum absolute atomic E-state index is 11.9. The smallest absolute Gasteiger partial charge is 0.409 e. The van der Waals surface area contributed by atoms with Gasteiger partial charge in [0, 0.05) is 38.0 Å². The monoisotopic (exact) mass is 414 g/mol. The number of hydrogen-bond acceptors (Lipinski definition) is 7. The molecular weight excluding hydrogens is 388 g/mol. The number of nitrogens with zero attached hydrogens (tertiary/aromatic N) is 3. The van der Waals surface area contributed by atoms with Gasteiger partial charge in [0.1, 0.15) is 17.2 Å². The quantitative estimate of drug-likeness (QED) is 0.300. The molecule has 1 fully saturated rings. The van der Waals surface area contributed by atoms with Crippen LogP contribution >= 0.6 is 0 Å². The average molecular weight is 414 g/mol. The first-order valence-corrected chi connectivity index (χ1v) is 9.85. The molecule has 0 bridgehead atoms. The van der Waals surface area contributed by atoms with E-state index in [0.29, 0.717) is 31.2 Å². The molecule has 1 aliphatic rings. The van der Waals surface area contributed by atoms with Crippen LogP contribution in [-0.4, -0.2) is 48.7 Å².